The van der Waals surface area contributed by atoms with Gasteiger partial charge in [0, 0.05) is 24.7 Å². The molecule has 0 rings (SSSR count). The number of hydrogen-bond donors (Lipinski definition) is 1. The molecule has 0 radical (unpaired) electrons. The molecule has 1 unspecified atom stereocenters. The van der Waals surface area contributed by atoms with Gasteiger partial charge in [0.25, 0.3) is 0 Å². The number of ether oxygens (including phenoxy) is 1. The standard InChI is InChI=1S/C12H24N2O2/c1-6-11(12(15)16-5)7-8-13-10(2)9-14(3)4/h7,10,13H,6,8-9H2,1-5H3. The summed E-state index contributed by atoms with van der Waals surface area (Å²) in [5.41, 5.74) is 0.729. The minimum absolute atomic E-state index is 0.232. The number of nitrogens with zero attached hydrogens (tertiary/aromatic N) is 1. The van der Waals surface area contributed by atoms with Gasteiger partial charge in [-0.1, -0.05) is 13.0 Å². The Kier molecular flexibility index (Phi) is 7.85. The molecule has 4 nitrogen and oxygen atoms in total. The van der Waals surface area contributed by atoms with Crippen molar-refractivity contribution < 1.29 is 9.53 Å². The van der Waals surface area contributed by atoms with Crippen LogP contribution in [-0.4, -0.2) is 51.2 Å². The van der Waals surface area contributed by atoms with Crippen LogP contribution in [-0.2, 0) is 9.53 Å². The summed E-state index contributed by atoms with van der Waals surface area (Å²) in [6.07, 6.45) is 2.61. The molecule has 0 saturated heterocycles. The highest BCUT2D eigenvalue weighted by molar-refractivity contribution is 5.88. The van der Waals surface area contributed by atoms with Gasteiger partial charge >= 0.3 is 5.97 Å². The molecule has 0 aromatic carbocycles. The van der Waals surface area contributed by atoms with Crippen molar-refractivity contribution in [2.24, 2.45) is 0 Å². The number of esters is 1. The molecule has 16 heavy (non-hydrogen) atoms. The summed E-state index contributed by atoms with van der Waals surface area (Å²) in [5.74, 6) is -0.232. The maximum atomic E-state index is 11.3. The lowest BCUT2D eigenvalue weighted by atomic mass is 10.2. The number of carbonyl (C=O) groups is 1. The second-order valence-electron chi connectivity index (χ2n) is 4.15. The third-order valence-corrected chi connectivity index (χ3v) is 2.28. The molecule has 0 heterocycles. The molecule has 1 atom stereocenters. The molecule has 0 aromatic heterocycles. The van der Waals surface area contributed by atoms with Gasteiger partial charge in [0.05, 0.1) is 7.11 Å². The first-order chi connectivity index (χ1) is 7.51. The fourth-order valence-corrected chi connectivity index (χ4v) is 1.50. The van der Waals surface area contributed by atoms with Crippen LogP contribution in [0.15, 0.2) is 11.6 Å². The highest BCUT2D eigenvalue weighted by atomic mass is 16.5. The number of methoxy groups -OCH3 is 1. The van der Waals surface area contributed by atoms with Crippen molar-refractivity contribution in [2.45, 2.75) is 26.3 Å². The van der Waals surface area contributed by atoms with Gasteiger partial charge in [0.15, 0.2) is 0 Å². The average Bonchev–Trinajstić information content (AvgIpc) is 2.22. The van der Waals surface area contributed by atoms with Gasteiger partial charge in [-0.2, -0.15) is 0 Å². The van der Waals surface area contributed by atoms with Crippen LogP contribution in [0.3, 0.4) is 0 Å². The minimum Gasteiger partial charge on any atom is -0.466 e. The zero-order valence-corrected chi connectivity index (χ0v) is 11.0. The molecule has 0 fully saturated rings. The van der Waals surface area contributed by atoms with Crippen LogP contribution >= 0.6 is 0 Å². The lowest BCUT2D eigenvalue weighted by Crippen LogP contribution is -2.35. The summed E-state index contributed by atoms with van der Waals surface area (Å²) in [6.45, 7) is 5.75. The molecule has 1 N–H and O–H groups in total. The van der Waals surface area contributed by atoms with Crippen LogP contribution in [0.4, 0.5) is 0 Å². The van der Waals surface area contributed by atoms with E-state index in [2.05, 4.69) is 21.9 Å². The van der Waals surface area contributed by atoms with E-state index in [1.165, 1.54) is 7.11 Å². The lowest BCUT2D eigenvalue weighted by molar-refractivity contribution is -0.136. The molecule has 0 spiro atoms. The number of nitrogens with one attached hydrogen (secondary N) is 1. The Morgan fingerprint density at radius 3 is 2.56 bits per heavy atom. The van der Waals surface area contributed by atoms with E-state index in [-0.39, 0.29) is 5.97 Å². The van der Waals surface area contributed by atoms with E-state index >= 15 is 0 Å². The van der Waals surface area contributed by atoms with E-state index in [1.807, 2.05) is 27.1 Å². The van der Waals surface area contributed by atoms with Gasteiger partial charge in [0.1, 0.15) is 0 Å². The zero-order chi connectivity index (χ0) is 12.6. The van der Waals surface area contributed by atoms with Crippen molar-refractivity contribution in [3.05, 3.63) is 11.6 Å². The van der Waals surface area contributed by atoms with Gasteiger partial charge in [-0.3, -0.25) is 0 Å². The number of carbonyl (C=O) groups excluding carboxylic acids is 1. The van der Waals surface area contributed by atoms with Crippen molar-refractivity contribution in [3.8, 4) is 0 Å². The molecule has 0 aliphatic rings. The number of likely N-dealkylation sites (N-methyl/N-ethyl adjacent to an activating group) is 1. The Morgan fingerprint density at radius 1 is 1.50 bits per heavy atom. The molecule has 0 amide bonds. The highest BCUT2D eigenvalue weighted by Gasteiger charge is 2.06. The first kappa shape index (κ1) is 15.1. The number of rotatable bonds is 7. The smallest absolute Gasteiger partial charge is 0.333 e. The van der Waals surface area contributed by atoms with E-state index in [9.17, 15) is 4.79 Å². The molecule has 0 aliphatic heterocycles. The van der Waals surface area contributed by atoms with Crippen LogP contribution in [0.2, 0.25) is 0 Å². The quantitative estimate of drug-likeness (QED) is 0.522. The normalized spacial score (nSPS) is 14.0. The van der Waals surface area contributed by atoms with E-state index in [4.69, 9.17) is 0 Å². The Morgan fingerprint density at radius 2 is 2.12 bits per heavy atom. The third-order valence-electron chi connectivity index (χ3n) is 2.28. The van der Waals surface area contributed by atoms with E-state index in [0.29, 0.717) is 19.0 Å². The summed E-state index contributed by atoms with van der Waals surface area (Å²) in [5, 5.41) is 3.33. The largest absolute Gasteiger partial charge is 0.466 e. The molecule has 4 heteroatoms. The summed E-state index contributed by atoms with van der Waals surface area (Å²) in [4.78, 5) is 13.4. The Labute approximate surface area is 98.6 Å². The maximum absolute atomic E-state index is 11.3. The van der Waals surface area contributed by atoms with Crippen LogP contribution in [0.5, 0.6) is 0 Å². The Hall–Kier alpha value is -0.870. The van der Waals surface area contributed by atoms with Crippen molar-refractivity contribution in [1.29, 1.82) is 0 Å². The minimum atomic E-state index is -0.232. The molecule has 0 bridgehead atoms. The highest BCUT2D eigenvalue weighted by Crippen LogP contribution is 2.01. The number of hydrogen-bond acceptors (Lipinski definition) is 4. The van der Waals surface area contributed by atoms with Crippen LogP contribution in [0.1, 0.15) is 20.3 Å². The van der Waals surface area contributed by atoms with E-state index < -0.39 is 0 Å². The summed E-state index contributed by atoms with van der Waals surface area (Å²) in [7, 11) is 5.49. The maximum Gasteiger partial charge on any atom is 0.333 e. The zero-order valence-electron chi connectivity index (χ0n) is 11.0. The average molecular weight is 228 g/mol. The van der Waals surface area contributed by atoms with E-state index in [1.54, 1.807) is 0 Å². The Balaban J connectivity index is 4.00. The summed E-state index contributed by atoms with van der Waals surface area (Å²) < 4.78 is 4.68. The summed E-state index contributed by atoms with van der Waals surface area (Å²) in [6, 6.07) is 0.405. The second kappa shape index (κ2) is 8.30. The predicted molar refractivity (Wildman–Crippen MR) is 66.4 cm³/mol. The topological polar surface area (TPSA) is 41.6 Å². The summed E-state index contributed by atoms with van der Waals surface area (Å²) >= 11 is 0. The fourth-order valence-electron chi connectivity index (χ4n) is 1.50. The Bertz CT molecular complexity index is 237. The van der Waals surface area contributed by atoms with Crippen LogP contribution in [0, 0.1) is 0 Å². The first-order valence-electron chi connectivity index (χ1n) is 5.66. The van der Waals surface area contributed by atoms with Gasteiger partial charge in [-0.05, 0) is 27.4 Å². The van der Waals surface area contributed by atoms with Gasteiger partial charge in [-0.25, -0.2) is 4.79 Å². The molecule has 0 aliphatic carbocycles. The van der Waals surface area contributed by atoms with Crippen molar-refractivity contribution in [1.82, 2.24) is 10.2 Å². The first-order valence-corrected chi connectivity index (χ1v) is 5.66. The van der Waals surface area contributed by atoms with Crippen LogP contribution in [0.25, 0.3) is 0 Å². The lowest BCUT2D eigenvalue weighted by Gasteiger charge is -2.17. The predicted octanol–water partition coefficient (Wildman–Crippen LogP) is 1.04. The van der Waals surface area contributed by atoms with Gasteiger partial charge in [-0.15, -0.1) is 0 Å². The molecule has 0 saturated carbocycles. The van der Waals surface area contributed by atoms with Crippen molar-refractivity contribution >= 4 is 5.97 Å². The van der Waals surface area contributed by atoms with Crippen molar-refractivity contribution in [2.75, 3.05) is 34.3 Å². The fraction of sp³-hybridized carbons (Fsp3) is 0.750. The molecular formula is C12H24N2O2. The molecule has 0 aromatic rings. The van der Waals surface area contributed by atoms with Crippen molar-refractivity contribution in [3.63, 3.8) is 0 Å². The SMILES string of the molecule is CCC(=CCNC(C)CN(C)C)C(=O)OC. The van der Waals surface area contributed by atoms with Crippen LogP contribution < -0.4 is 5.32 Å². The third kappa shape index (κ3) is 6.58. The molecule has 94 valence electrons. The van der Waals surface area contributed by atoms with Gasteiger partial charge in [0.2, 0.25) is 0 Å². The molecular weight excluding hydrogens is 204 g/mol. The van der Waals surface area contributed by atoms with Gasteiger partial charge < -0.3 is 15.0 Å². The second-order valence-corrected chi connectivity index (χ2v) is 4.15. The monoisotopic (exact) mass is 228 g/mol. The van der Waals surface area contributed by atoms with E-state index in [0.717, 1.165) is 12.1 Å².